The highest BCUT2D eigenvalue weighted by molar-refractivity contribution is 7.13. The number of rotatable bonds is 21. The Morgan fingerprint density at radius 2 is 1.47 bits per heavy atom. The number of benzene rings is 4. The number of likely N-dealkylation sites (tertiary alicyclic amines) is 1. The second-order valence-electron chi connectivity index (χ2n) is 24.9. The van der Waals surface area contributed by atoms with Crippen LogP contribution in [0.1, 0.15) is 133 Å². The van der Waals surface area contributed by atoms with Crippen LogP contribution in [0, 0.1) is 29.6 Å². The normalized spacial score (nSPS) is 18.5. The zero-order valence-electron chi connectivity index (χ0n) is 50.8. The third-order valence-electron chi connectivity index (χ3n) is 17.5. The number of amides is 4. The summed E-state index contributed by atoms with van der Waals surface area (Å²) in [5, 5.41) is 37.4. The maximum absolute atomic E-state index is 14.1. The maximum atomic E-state index is 14.1. The molecule has 3 aromatic heterocycles. The average Bonchev–Trinajstić information content (AvgIpc) is 1.61. The van der Waals surface area contributed by atoms with Crippen molar-refractivity contribution in [1.82, 2.24) is 44.4 Å². The van der Waals surface area contributed by atoms with Gasteiger partial charge in [0.25, 0.3) is 0 Å². The Bertz CT molecular complexity index is 3620. The smallest absolute Gasteiger partial charge is 0.246 e. The van der Waals surface area contributed by atoms with Crippen LogP contribution >= 0.6 is 11.3 Å². The molecule has 0 spiro atoms. The summed E-state index contributed by atoms with van der Waals surface area (Å²) in [5.74, 6) is 6.06. The van der Waals surface area contributed by atoms with Crippen molar-refractivity contribution in [2.75, 3.05) is 39.3 Å². The highest BCUT2D eigenvalue weighted by Gasteiger charge is 2.44. The van der Waals surface area contributed by atoms with Gasteiger partial charge in [-0.15, -0.1) is 11.3 Å². The number of fused-ring (bicyclic) bond motifs is 1. The average molecular weight is 1190 g/mol. The van der Waals surface area contributed by atoms with E-state index < -0.39 is 23.6 Å². The molecule has 2 saturated heterocycles. The molecule has 87 heavy (non-hydrogen) atoms. The maximum Gasteiger partial charge on any atom is 0.246 e. The van der Waals surface area contributed by atoms with Crippen molar-refractivity contribution in [3.8, 4) is 44.7 Å². The third-order valence-corrected chi connectivity index (χ3v) is 18.4. The SMILES string of the molecule is Cc1ncsc1-c1ccc(CNC(=O)[C@@H]2C[C@@H](O)CN2C(=O)[C@@H](NC(=O)CCCCCCC(=O)N2CCN(CCCC#Cc3cccc(Cn4c(-c5ccccc5)c(-c5ccccc5)c5c(=N)n(C6CCC(O)CC6)cnc54)c3)CC2)C(C)(C)C)cc1. The second-order valence-corrected chi connectivity index (χ2v) is 25.7. The number of aromatic nitrogens is 4. The first kappa shape index (κ1) is 62.3. The van der Waals surface area contributed by atoms with Crippen LogP contribution < -0.4 is 16.1 Å². The molecule has 7 aromatic rings. The molecule has 10 rings (SSSR count). The number of thiazole rings is 1. The molecule has 4 amide bonds. The predicted molar refractivity (Wildman–Crippen MR) is 342 cm³/mol. The van der Waals surface area contributed by atoms with Crippen LogP contribution in [0.25, 0.3) is 43.9 Å². The van der Waals surface area contributed by atoms with Gasteiger partial charge in [0, 0.05) is 88.7 Å². The summed E-state index contributed by atoms with van der Waals surface area (Å²) in [7, 11) is 0. The summed E-state index contributed by atoms with van der Waals surface area (Å²) in [6.45, 7) is 12.4. The van der Waals surface area contributed by atoms with Crippen LogP contribution in [0.3, 0.4) is 0 Å². The third kappa shape index (κ3) is 15.5. The number of carbonyl (C=O) groups excluding carboxylic acids is 4. The molecule has 1 aliphatic carbocycles. The van der Waals surface area contributed by atoms with Crippen molar-refractivity contribution < 1.29 is 29.4 Å². The van der Waals surface area contributed by atoms with E-state index in [1.54, 1.807) is 11.3 Å². The molecular weight excluding hydrogens is 1110 g/mol. The first-order valence-electron chi connectivity index (χ1n) is 31.2. The molecule has 5 N–H and O–H groups in total. The number of β-amino-alcohol motifs (C(OH)–C–C–N with tert-alkyl or cyclic N) is 1. The molecule has 0 radical (unpaired) electrons. The van der Waals surface area contributed by atoms with E-state index in [9.17, 15) is 34.8 Å². The van der Waals surface area contributed by atoms with Crippen LogP contribution in [-0.4, -0.2) is 131 Å². The van der Waals surface area contributed by atoms with Gasteiger partial charge < -0.3 is 39.8 Å². The van der Waals surface area contributed by atoms with E-state index >= 15 is 0 Å². The van der Waals surface area contributed by atoms with Crippen LogP contribution in [0.4, 0.5) is 0 Å². The van der Waals surface area contributed by atoms with Crippen LogP contribution in [0.2, 0.25) is 0 Å². The lowest BCUT2D eigenvalue weighted by Crippen LogP contribution is -2.57. The lowest BCUT2D eigenvalue weighted by Gasteiger charge is -2.35. The molecule has 16 nitrogen and oxygen atoms in total. The molecule has 3 atom stereocenters. The highest BCUT2D eigenvalue weighted by Crippen LogP contribution is 2.40. The van der Waals surface area contributed by atoms with Gasteiger partial charge in [-0.1, -0.05) is 143 Å². The Morgan fingerprint density at radius 1 is 0.770 bits per heavy atom. The van der Waals surface area contributed by atoms with Crippen molar-refractivity contribution in [3.05, 3.63) is 149 Å². The van der Waals surface area contributed by atoms with E-state index in [4.69, 9.17) is 4.98 Å². The van der Waals surface area contributed by atoms with E-state index in [1.165, 1.54) is 4.90 Å². The monoisotopic (exact) mass is 1190 g/mol. The Labute approximate surface area is 515 Å². The molecule has 17 heteroatoms. The fourth-order valence-corrected chi connectivity index (χ4v) is 13.4. The van der Waals surface area contributed by atoms with E-state index in [1.807, 2.05) is 97.5 Å². The number of unbranched alkanes of at least 4 members (excludes halogenated alkanes) is 4. The molecule has 4 aromatic carbocycles. The van der Waals surface area contributed by atoms with Crippen molar-refractivity contribution in [1.29, 1.82) is 5.41 Å². The van der Waals surface area contributed by atoms with Crippen LogP contribution in [-0.2, 0) is 32.3 Å². The molecule has 2 aliphatic heterocycles. The molecular formula is C70H84N10O6S. The van der Waals surface area contributed by atoms with E-state index in [-0.39, 0.29) is 61.7 Å². The standard InChI is InChI=1S/C70H84N10O6S/c1-48-64(87-47-74-48)54-30-28-50(29-31-54)43-72-68(85)58-42-57(82)45-78(58)69(86)65(70(2,3)4)75-59(83)26-15-5-6-16-27-60(84)77-39-37-76(38-40-77)36-17-9-10-19-49-20-18-21-51(41-49)44-79-63(53-24-13-8-14-25-53)61(52-22-11-7-12-23-52)62-66(71)80(46-73-67(62)79)55-32-34-56(81)35-33-55/h7-8,11-14,18,20-25,28-31,41,46-47,55-58,65,71,81-82H,5-6,9,15-17,26-27,32-40,42-45H2,1-4H3,(H,72,85)(H,75,83)/t55?,56?,57-,58+,65-/m1/s1. The van der Waals surface area contributed by atoms with Gasteiger partial charge in [-0.3, -0.25) is 29.5 Å². The number of aliphatic hydroxyl groups excluding tert-OH is 2. The zero-order chi connectivity index (χ0) is 61.0. The molecule has 456 valence electrons. The number of piperazine rings is 1. The summed E-state index contributed by atoms with van der Waals surface area (Å²) in [6.07, 6.45) is 9.25. The Balaban J connectivity index is 0.647. The second kappa shape index (κ2) is 28.8. The fourth-order valence-electron chi connectivity index (χ4n) is 12.6. The van der Waals surface area contributed by atoms with Gasteiger partial charge in [-0.05, 0) is 104 Å². The summed E-state index contributed by atoms with van der Waals surface area (Å²) >= 11 is 1.58. The van der Waals surface area contributed by atoms with E-state index in [0.29, 0.717) is 38.0 Å². The summed E-state index contributed by atoms with van der Waals surface area (Å²) < 4.78 is 4.28. The van der Waals surface area contributed by atoms with Gasteiger partial charge >= 0.3 is 0 Å². The summed E-state index contributed by atoms with van der Waals surface area (Å²) in [6, 6.07) is 35.5. The number of aryl methyl sites for hydroxylation is 1. The van der Waals surface area contributed by atoms with Crippen molar-refractivity contribution >= 4 is 46.0 Å². The molecule has 3 aliphatic rings. The topological polar surface area (TPSA) is 202 Å². The Kier molecular flexibility index (Phi) is 20.7. The summed E-state index contributed by atoms with van der Waals surface area (Å²) in [4.78, 5) is 70.6. The number of hydrogen-bond donors (Lipinski definition) is 5. The Morgan fingerprint density at radius 3 is 2.16 bits per heavy atom. The van der Waals surface area contributed by atoms with Crippen LogP contribution in [0.15, 0.2) is 121 Å². The Hall–Kier alpha value is -7.75. The lowest BCUT2D eigenvalue weighted by molar-refractivity contribution is -0.144. The van der Waals surface area contributed by atoms with E-state index in [2.05, 4.69) is 97.6 Å². The van der Waals surface area contributed by atoms with Gasteiger partial charge in [0.05, 0.1) is 45.7 Å². The van der Waals surface area contributed by atoms with Gasteiger partial charge in [0.2, 0.25) is 23.6 Å². The van der Waals surface area contributed by atoms with E-state index in [0.717, 1.165) is 144 Å². The molecule has 0 unspecified atom stereocenters. The first-order chi connectivity index (χ1) is 42.1. The molecule has 5 heterocycles. The number of carbonyl (C=O) groups is 4. The van der Waals surface area contributed by atoms with Gasteiger partial charge in [0.15, 0.2) is 0 Å². The van der Waals surface area contributed by atoms with Gasteiger partial charge in [0.1, 0.15) is 23.2 Å². The number of nitrogens with one attached hydrogen (secondary N) is 3. The van der Waals surface area contributed by atoms with Crippen molar-refractivity contribution in [3.63, 3.8) is 0 Å². The lowest BCUT2D eigenvalue weighted by atomic mass is 9.85. The van der Waals surface area contributed by atoms with Crippen molar-refractivity contribution in [2.24, 2.45) is 5.41 Å². The highest BCUT2D eigenvalue weighted by atomic mass is 32.1. The van der Waals surface area contributed by atoms with Crippen LogP contribution in [0.5, 0.6) is 0 Å². The molecule has 0 bridgehead atoms. The minimum atomic E-state index is -0.888. The minimum absolute atomic E-state index is 0.0133. The quantitative estimate of drug-likeness (QED) is 0.0343. The zero-order valence-corrected chi connectivity index (χ0v) is 51.7. The van der Waals surface area contributed by atoms with Gasteiger partial charge in [-0.2, -0.15) is 0 Å². The number of nitrogens with zero attached hydrogens (tertiary/aromatic N) is 7. The fraction of sp³-hybridized carbons (Fsp3) is 0.443. The number of aliphatic hydroxyl groups is 2. The molecule has 3 fully saturated rings. The van der Waals surface area contributed by atoms with Gasteiger partial charge in [-0.25, -0.2) is 9.97 Å². The number of hydrogen-bond acceptors (Lipinski definition) is 11. The first-order valence-corrected chi connectivity index (χ1v) is 32.1. The molecule has 1 saturated carbocycles. The minimum Gasteiger partial charge on any atom is -0.393 e. The largest absolute Gasteiger partial charge is 0.393 e. The predicted octanol–water partition coefficient (Wildman–Crippen LogP) is 10.0. The summed E-state index contributed by atoms with van der Waals surface area (Å²) in [5.41, 5.74) is 11.5. The van der Waals surface area contributed by atoms with Crippen molar-refractivity contribution in [2.45, 2.75) is 155 Å².